The zero-order valence-electron chi connectivity index (χ0n) is 14.5. The summed E-state index contributed by atoms with van der Waals surface area (Å²) in [6, 6.07) is 13.8. The summed E-state index contributed by atoms with van der Waals surface area (Å²) < 4.78 is 5.29. The van der Waals surface area contributed by atoms with Gasteiger partial charge in [0.25, 0.3) is 0 Å². The number of piperidine rings is 1. The minimum absolute atomic E-state index is 0.484. The number of ether oxygens (including phenoxy) is 1. The Balaban J connectivity index is 1.63. The lowest BCUT2D eigenvalue weighted by atomic mass is 9.82. The van der Waals surface area contributed by atoms with Gasteiger partial charge >= 0.3 is 0 Å². The molecule has 2 aromatic rings. The third-order valence-corrected chi connectivity index (χ3v) is 5.68. The summed E-state index contributed by atoms with van der Waals surface area (Å²) in [5.41, 5.74) is 3.80. The third-order valence-electron chi connectivity index (χ3n) is 5.37. The number of fused-ring (bicyclic) bond motifs is 2. The first-order valence-electron chi connectivity index (χ1n) is 8.95. The van der Waals surface area contributed by atoms with Gasteiger partial charge in [-0.25, -0.2) is 4.98 Å². The van der Waals surface area contributed by atoms with Gasteiger partial charge in [-0.3, -0.25) is 4.90 Å². The summed E-state index contributed by atoms with van der Waals surface area (Å²) in [6.45, 7) is 1.02. The highest BCUT2D eigenvalue weighted by atomic mass is 35.5. The fourth-order valence-corrected chi connectivity index (χ4v) is 4.36. The standard InChI is InChI=1S/C21H23ClN2O/c1-25-21-12-19(20(22)13-23-21)16-10-17-8-5-9-18(11-16)24(17)14-15-6-3-2-4-7-15/h2-4,6-7,10,12-13,17-18H,5,8-9,11,14H2,1H3. The van der Waals surface area contributed by atoms with Crippen LogP contribution in [0.2, 0.25) is 5.02 Å². The molecule has 2 aliphatic rings. The quantitative estimate of drug-likeness (QED) is 0.776. The van der Waals surface area contributed by atoms with Crippen molar-refractivity contribution in [1.29, 1.82) is 0 Å². The first-order chi connectivity index (χ1) is 12.2. The van der Waals surface area contributed by atoms with Crippen LogP contribution in [-0.4, -0.2) is 29.1 Å². The lowest BCUT2D eigenvalue weighted by molar-refractivity contribution is 0.0951. The van der Waals surface area contributed by atoms with Gasteiger partial charge in [0.1, 0.15) is 0 Å². The second kappa shape index (κ2) is 7.19. The van der Waals surface area contributed by atoms with Gasteiger partial charge in [0.05, 0.1) is 18.3 Å². The fraction of sp³-hybridized carbons (Fsp3) is 0.381. The van der Waals surface area contributed by atoms with Crippen LogP contribution in [0.1, 0.15) is 36.8 Å². The number of aromatic nitrogens is 1. The summed E-state index contributed by atoms with van der Waals surface area (Å²) >= 11 is 6.44. The summed E-state index contributed by atoms with van der Waals surface area (Å²) in [6.07, 6.45) is 8.92. The molecular formula is C21H23ClN2O. The maximum absolute atomic E-state index is 6.44. The van der Waals surface area contributed by atoms with Gasteiger partial charge in [-0.05, 0) is 30.4 Å². The predicted octanol–water partition coefficient (Wildman–Crippen LogP) is 4.95. The maximum Gasteiger partial charge on any atom is 0.213 e. The number of halogens is 1. The molecule has 1 aromatic heterocycles. The molecule has 2 aliphatic heterocycles. The van der Waals surface area contributed by atoms with E-state index in [2.05, 4.69) is 46.3 Å². The average Bonchev–Trinajstić information content (AvgIpc) is 2.63. The van der Waals surface area contributed by atoms with Gasteiger partial charge in [-0.2, -0.15) is 0 Å². The van der Waals surface area contributed by atoms with Crippen LogP contribution in [0.3, 0.4) is 0 Å². The van der Waals surface area contributed by atoms with Crippen molar-refractivity contribution in [1.82, 2.24) is 9.88 Å². The minimum Gasteiger partial charge on any atom is -0.481 e. The van der Waals surface area contributed by atoms with E-state index in [9.17, 15) is 0 Å². The highest BCUT2D eigenvalue weighted by molar-refractivity contribution is 6.32. The Kier molecular flexibility index (Phi) is 4.78. The lowest BCUT2D eigenvalue weighted by Gasteiger charge is -2.45. The molecular weight excluding hydrogens is 332 g/mol. The van der Waals surface area contributed by atoms with Crippen molar-refractivity contribution in [3.63, 3.8) is 0 Å². The Morgan fingerprint density at radius 1 is 1.24 bits per heavy atom. The Labute approximate surface area is 154 Å². The number of benzene rings is 1. The van der Waals surface area contributed by atoms with Crippen LogP contribution in [0, 0.1) is 0 Å². The van der Waals surface area contributed by atoms with E-state index in [0.717, 1.165) is 18.5 Å². The molecule has 2 atom stereocenters. The smallest absolute Gasteiger partial charge is 0.213 e. The SMILES string of the molecule is COc1cc(C2=CC3CCCC(C2)N3Cc2ccccc2)c(Cl)cn1. The van der Waals surface area contributed by atoms with Crippen LogP contribution in [-0.2, 0) is 6.54 Å². The van der Waals surface area contributed by atoms with Crippen LogP contribution in [0.4, 0.5) is 0 Å². The van der Waals surface area contributed by atoms with Gasteiger partial charge in [0.2, 0.25) is 5.88 Å². The van der Waals surface area contributed by atoms with Crippen LogP contribution < -0.4 is 4.74 Å². The second-order valence-corrected chi connectivity index (χ2v) is 7.32. The highest BCUT2D eigenvalue weighted by Gasteiger charge is 2.34. The average molecular weight is 355 g/mol. The number of nitrogens with zero attached hydrogens (tertiary/aromatic N) is 2. The monoisotopic (exact) mass is 354 g/mol. The van der Waals surface area contributed by atoms with Gasteiger partial charge in [0, 0.05) is 30.3 Å². The number of hydrogen-bond acceptors (Lipinski definition) is 3. The Morgan fingerprint density at radius 3 is 2.84 bits per heavy atom. The Hall–Kier alpha value is -1.84. The topological polar surface area (TPSA) is 25.4 Å². The van der Waals surface area contributed by atoms with E-state index in [4.69, 9.17) is 16.3 Å². The molecule has 1 saturated heterocycles. The molecule has 25 heavy (non-hydrogen) atoms. The molecule has 2 bridgehead atoms. The molecule has 0 amide bonds. The first-order valence-corrected chi connectivity index (χ1v) is 9.32. The first kappa shape index (κ1) is 16.6. The summed E-state index contributed by atoms with van der Waals surface area (Å²) in [7, 11) is 1.64. The van der Waals surface area contributed by atoms with E-state index in [1.54, 1.807) is 13.3 Å². The molecule has 0 aliphatic carbocycles. The van der Waals surface area contributed by atoms with E-state index in [0.29, 0.717) is 23.0 Å². The third kappa shape index (κ3) is 3.44. The highest BCUT2D eigenvalue weighted by Crippen LogP contribution is 2.40. The second-order valence-electron chi connectivity index (χ2n) is 6.91. The molecule has 4 rings (SSSR count). The molecule has 3 heterocycles. The van der Waals surface area contributed by atoms with Crippen molar-refractivity contribution in [2.75, 3.05) is 7.11 Å². The predicted molar refractivity (Wildman–Crippen MR) is 102 cm³/mol. The van der Waals surface area contributed by atoms with Crippen molar-refractivity contribution in [2.24, 2.45) is 0 Å². The number of hydrogen-bond donors (Lipinski definition) is 0. The summed E-state index contributed by atoms with van der Waals surface area (Å²) in [5.74, 6) is 0.622. The number of pyridine rings is 1. The largest absolute Gasteiger partial charge is 0.481 e. The molecule has 4 heteroatoms. The molecule has 2 unspecified atom stereocenters. The zero-order chi connectivity index (χ0) is 17.2. The maximum atomic E-state index is 6.44. The van der Waals surface area contributed by atoms with E-state index >= 15 is 0 Å². The van der Waals surface area contributed by atoms with Crippen molar-refractivity contribution < 1.29 is 4.74 Å². The van der Waals surface area contributed by atoms with Gasteiger partial charge in [-0.15, -0.1) is 0 Å². The summed E-state index contributed by atoms with van der Waals surface area (Å²) in [5, 5.41) is 0.710. The molecule has 0 radical (unpaired) electrons. The normalized spacial score (nSPS) is 23.2. The fourth-order valence-electron chi connectivity index (χ4n) is 4.14. The molecule has 0 N–H and O–H groups in total. The van der Waals surface area contributed by atoms with E-state index in [-0.39, 0.29) is 0 Å². The Morgan fingerprint density at radius 2 is 2.08 bits per heavy atom. The van der Waals surface area contributed by atoms with Crippen molar-refractivity contribution >= 4 is 17.2 Å². The van der Waals surface area contributed by atoms with Crippen molar-refractivity contribution in [3.8, 4) is 5.88 Å². The van der Waals surface area contributed by atoms with Gasteiger partial charge < -0.3 is 4.74 Å². The number of methoxy groups -OCH3 is 1. The molecule has 0 spiro atoms. The van der Waals surface area contributed by atoms with Gasteiger partial charge in [0.15, 0.2) is 0 Å². The molecule has 3 nitrogen and oxygen atoms in total. The molecule has 0 saturated carbocycles. The van der Waals surface area contributed by atoms with Crippen molar-refractivity contribution in [3.05, 3.63) is 64.8 Å². The summed E-state index contributed by atoms with van der Waals surface area (Å²) in [4.78, 5) is 6.86. The minimum atomic E-state index is 0.484. The van der Waals surface area contributed by atoms with E-state index < -0.39 is 0 Å². The van der Waals surface area contributed by atoms with Crippen LogP contribution in [0.15, 0.2) is 48.7 Å². The lowest BCUT2D eigenvalue weighted by Crippen LogP contribution is -2.47. The van der Waals surface area contributed by atoms with Crippen LogP contribution in [0.25, 0.3) is 5.57 Å². The van der Waals surface area contributed by atoms with Crippen LogP contribution in [0.5, 0.6) is 5.88 Å². The Bertz CT molecular complexity index is 775. The molecule has 1 fully saturated rings. The van der Waals surface area contributed by atoms with E-state index in [1.807, 2.05) is 6.07 Å². The molecule has 1 aromatic carbocycles. The zero-order valence-corrected chi connectivity index (χ0v) is 15.2. The molecule has 130 valence electrons. The van der Waals surface area contributed by atoms with Crippen LogP contribution >= 0.6 is 11.6 Å². The number of rotatable bonds is 4. The van der Waals surface area contributed by atoms with E-state index in [1.165, 1.54) is 30.4 Å². The van der Waals surface area contributed by atoms with Gasteiger partial charge in [-0.1, -0.05) is 54.4 Å². The van der Waals surface area contributed by atoms with Crippen molar-refractivity contribution in [2.45, 2.75) is 44.3 Å².